The summed E-state index contributed by atoms with van der Waals surface area (Å²) < 4.78 is 35.4. The van der Waals surface area contributed by atoms with Crippen molar-refractivity contribution in [2.24, 2.45) is 0 Å². The Hall–Kier alpha value is -2.36. The second kappa shape index (κ2) is 7.71. The quantitative estimate of drug-likeness (QED) is 0.574. The Morgan fingerprint density at radius 2 is 1.93 bits per heavy atom. The fourth-order valence-electron chi connectivity index (χ4n) is 2.73. The molecule has 0 aliphatic carbocycles. The average Bonchev–Trinajstić information content (AvgIpc) is 2.98. The topological polar surface area (TPSA) is 97.6 Å². The lowest BCUT2D eigenvalue weighted by molar-refractivity contribution is -0.137. The summed E-state index contributed by atoms with van der Waals surface area (Å²) in [7, 11) is -2.29. The first-order valence-corrected chi connectivity index (χ1v) is 10.2. The summed E-state index contributed by atoms with van der Waals surface area (Å²) >= 11 is 3.33. The zero-order valence-corrected chi connectivity index (χ0v) is 16.7. The highest BCUT2D eigenvalue weighted by atomic mass is 79.9. The molecule has 2 aromatic carbocycles. The minimum atomic E-state index is -3.85. The number of methoxy groups -OCH3 is 1. The minimum Gasteiger partial charge on any atom is -0.497 e. The smallest absolute Gasteiger partial charge is 0.323 e. The molecule has 0 fully saturated rings. The molecule has 27 heavy (non-hydrogen) atoms. The van der Waals surface area contributed by atoms with Gasteiger partial charge in [-0.2, -0.15) is 0 Å². The van der Waals surface area contributed by atoms with E-state index in [0.717, 1.165) is 5.56 Å². The number of aliphatic carboxylic acids is 1. The van der Waals surface area contributed by atoms with Gasteiger partial charge in [0, 0.05) is 22.6 Å². The van der Waals surface area contributed by atoms with Crippen molar-refractivity contribution in [2.75, 3.05) is 7.11 Å². The summed E-state index contributed by atoms with van der Waals surface area (Å²) in [6, 6.07) is 12.1. The predicted molar refractivity (Wildman–Crippen MR) is 104 cm³/mol. The van der Waals surface area contributed by atoms with Crippen molar-refractivity contribution in [3.63, 3.8) is 0 Å². The number of aromatic nitrogens is 1. The van der Waals surface area contributed by atoms with Crippen molar-refractivity contribution >= 4 is 42.8 Å². The third-order valence-electron chi connectivity index (χ3n) is 4.03. The molecule has 0 saturated heterocycles. The highest BCUT2D eigenvalue weighted by Crippen LogP contribution is 2.28. The van der Waals surface area contributed by atoms with Crippen LogP contribution in [0.1, 0.15) is 5.56 Å². The van der Waals surface area contributed by atoms with Gasteiger partial charge < -0.3 is 14.4 Å². The van der Waals surface area contributed by atoms with E-state index in [1.165, 1.54) is 10.8 Å². The Labute approximate surface area is 164 Å². The van der Waals surface area contributed by atoms with Crippen molar-refractivity contribution in [3.05, 3.63) is 58.7 Å². The molecule has 9 heteroatoms. The van der Waals surface area contributed by atoms with Crippen molar-refractivity contribution < 1.29 is 23.1 Å². The normalized spacial score (nSPS) is 11.6. The summed E-state index contributed by atoms with van der Waals surface area (Å²) in [5.41, 5.74) is 1.31. The SMILES string of the molecule is COc1ccc(CNS(=O)(=O)c2cn(CC(=O)O)c3ccc(Br)cc23)cc1. The van der Waals surface area contributed by atoms with Crippen LogP contribution in [0.3, 0.4) is 0 Å². The molecule has 0 aliphatic heterocycles. The second-order valence-electron chi connectivity index (χ2n) is 5.85. The zero-order chi connectivity index (χ0) is 19.6. The highest BCUT2D eigenvalue weighted by molar-refractivity contribution is 9.10. The summed E-state index contributed by atoms with van der Waals surface area (Å²) in [4.78, 5) is 11.1. The van der Waals surface area contributed by atoms with E-state index in [0.29, 0.717) is 21.1 Å². The molecule has 0 bridgehead atoms. The first-order valence-electron chi connectivity index (χ1n) is 7.93. The largest absolute Gasteiger partial charge is 0.497 e. The third kappa shape index (κ3) is 4.32. The van der Waals surface area contributed by atoms with Crippen LogP contribution in [0, 0.1) is 0 Å². The average molecular weight is 453 g/mol. The van der Waals surface area contributed by atoms with E-state index in [9.17, 15) is 13.2 Å². The molecule has 0 atom stereocenters. The summed E-state index contributed by atoms with van der Waals surface area (Å²) in [6.07, 6.45) is 1.35. The molecule has 0 spiro atoms. The number of nitrogens with one attached hydrogen (secondary N) is 1. The van der Waals surface area contributed by atoms with Crippen molar-refractivity contribution in [1.29, 1.82) is 0 Å². The van der Waals surface area contributed by atoms with E-state index in [1.807, 2.05) is 0 Å². The van der Waals surface area contributed by atoms with Crippen LogP contribution in [-0.4, -0.2) is 31.2 Å². The van der Waals surface area contributed by atoms with Gasteiger partial charge in [0.05, 0.1) is 12.6 Å². The van der Waals surface area contributed by atoms with Crippen LogP contribution in [-0.2, 0) is 27.9 Å². The number of carboxylic acid groups (broad SMARTS) is 1. The summed E-state index contributed by atoms with van der Waals surface area (Å²) in [6.45, 7) is -0.224. The second-order valence-corrected chi connectivity index (χ2v) is 8.50. The number of nitrogens with zero attached hydrogens (tertiary/aromatic N) is 1. The van der Waals surface area contributed by atoms with Crippen molar-refractivity contribution in [1.82, 2.24) is 9.29 Å². The van der Waals surface area contributed by atoms with E-state index in [1.54, 1.807) is 49.6 Å². The third-order valence-corrected chi connectivity index (χ3v) is 5.95. The first kappa shape index (κ1) is 19.4. The number of rotatable bonds is 7. The van der Waals surface area contributed by atoms with E-state index < -0.39 is 16.0 Å². The molecule has 0 amide bonds. The zero-order valence-electron chi connectivity index (χ0n) is 14.3. The maximum absolute atomic E-state index is 12.8. The number of carbonyl (C=O) groups is 1. The molecule has 3 aromatic rings. The number of sulfonamides is 1. The van der Waals surface area contributed by atoms with E-state index in [-0.39, 0.29) is 18.0 Å². The van der Waals surface area contributed by atoms with E-state index >= 15 is 0 Å². The number of halogens is 1. The van der Waals surface area contributed by atoms with Gasteiger partial charge in [-0.15, -0.1) is 0 Å². The number of benzene rings is 2. The van der Waals surface area contributed by atoms with Gasteiger partial charge in [-0.1, -0.05) is 28.1 Å². The monoisotopic (exact) mass is 452 g/mol. The van der Waals surface area contributed by atoms with Gasteiger partial charge in [-0.3, -0.25) is 4.79 Å². The van der Waals surface area contributed by atoms with Gasteiger partial charge in [0.1, 0.15) is 17.2 Å². The summed E-state index contributed by atoms with van der Waals surface area (Å²) in [5.74, 6) is -0.367. The van der Waals surface area contributed by atoms with Crippen molar-refractivity contribution in [2.45, 2.75) is 18.0 Å². The Balaban J connectivity index is 1.94. The van der Waals surface area contributed by atoms with Crippen LogP contribution in [0.5, 0.6) is 5.75 Å². The van der Waals surface area contributed by atoms with Gasteiger partial charge in [0.15, 0.2) is 0 Å². The Morgan fingerprint density at radius 1 is 1.22 bits per heavy atom. The van der Waals surface area contributed by atoms with Gasteiger partial charge in [0.2, 0.25) is 10.0 Å². The van der Waals surface area contributed by atoms with Crippen molar-refractivity contribution in [3.8, 4) is 5.75 Å². The number of carboxylic acids is 1. The van der Waals surface area contributed by atoms with Crippen LogP contribution < -0.4 is 9.46 Å². The van der Waals surface area contributed by atoms with Crippen LogP contribution in [0.15, 0.2) is 58.0 Å². The lowest BCUT2D eigenvalue weighted by atomic mass is 10.2. The number of ether oxygens (including phenoxy) is 1. The molecule has 7 nitrogen and oxygen atoms in total. The lowest BCUT2D eigenvalue weighted by Gasteiger charge is -2.07. The molecule has 2 N–H and O–H groups in total. The summed E-state index contributed by atoms with van der Waals surface area (Å²) in [5, 5.41) is 9.53. The maximum atomic E-state index is 12.8. The lowest BCUT2D eigenvalue weighted by Crippen LogP contribution is -2.23. The van der Waals surface area contributed by atoms with Crippen LogP contribution in [0.2, 0.25) is 0 Å². The molecular formula is C18H17BrN2O5S. The minimum absolute atomic E-state index is 0.0357. The number of hydrogen-bond acceptors (Lipinski definition) is 4. The fourth-order valence-corrected chi connectivity index (χ4v) is 4.32. The van der Waals surface area contributed by atoms with E-state index in [2.05, 4.69) is 20.7 Å². The number of hydrogen-bond donors (Lipinski definition) is 2. The predicted octanol–water partition coefficient (Wildman–Crippen LogP) is 2.98. The van der Waals surface area contributed by atoms with Gasteiger partial charge in [-0.05, 0) is 35.9 Å². The standard InChI is InChI=1S/C18H17BrN2O5S/c1-26-14-5-2-12(3-6-14)9-20-27(24,25)17-10-21(11-18(22)23)16-7-4-13(19)8-15(16)17/h2-8,10,20H,9,11H2,1H3,(H,22,23). The Kier molecular flexibility index (Phi) is 5.54. The molecule has 0 unspecified atom stereocenters. The molecule has 0 aliphatic rings. The molecule has 0 saturated carbocycles. The molecule has 3 rings (SSSR count). The van der Waals surface area contributed by atoms with Crippen LogP contribution in [0.25, 0.3) is 10.9 Å². The van der Waals surface area contributed by atoms with Crippen LogP contribution in [0.4, 0.5) is 0 Å². The molecule has 1 heterocycles. The van der Waals surface area contributed by atoms with Gasteiger partial charge in [-0.25, -0.2) is 13.1 Å². The fraction of sp³-hybridized carbons (Fsp3) is 0.167. The van der Waals surface area contributed by atoms with E-state index in [4.69, 9.17) is 9.84 Å². The molecular weight excluding hydrogens is 436 g/mol. The molecule has 1 aromatic heterocycles. The maximum Gasteiger partial charge on any atom is 0.323 e. The van der Waals surface area contributed by atoms with Crippen LogP contribution >= 0.6 is 15.9 Å². The Morgan fingerprint density at radius 3 is 2.56 bits per heavy atom. The highest BCUT2D eigenvalue weighted by Gasteiger charge is 2.22. The van der Waals surface area contributed by atoms with Gasteiger partial charge in [0.25, 0.3) is 0 Å². The molecule has 0 radical (unpaired) electrons. The van der Waals surface area contributed by atoms with Gasteiger partial charge >= 0.3 is 5.97 Å². The number of fused-ring (bicyclic) bond motifs is 1. The Bertz CT molecular complexity index is 1090. The molecule has 142 valence electrons. The first-order chi connectivity index (χ1) is 12.8.